The molecule has 1 aliphatic rings. The van der Waals surface area contributed by atoms with Gasteiger partial charge in [0.05, 0.1) is 30.0 Å². The van der Waals surface area contributed by atoms with Crippen LogP contribution in [0.2, 0.25) is 0 Å². The molecule has 0 fully saturated rings. The summed E-state index contributed by atoms with van der Waals surface area (Å²) in [6.07, 6.45) is 3.42. The first kappa shape index (κ1) is 22.5. The molecule has 2 amide bonds. The van der Waals surface area contributed by atoms with Gasteiger partial charge in [-0.2, -0.15) is 9.78 Å². The van der Waals surface area contributed by atoms with Crippen molar-refractivity contribution in [2.24, 2.45) is 0 Å². The van der Waals surface area contributed by atoms with Gasteiger partial charge in [0.25, 0.3) is 0 Å². The molecule has 4 rings (SSSR count). The van der Waals surface area contributed by atoms with Crippen LogP contribution in [0.4, 0.5) is 15.3 Å². The van der Waals surface area contributed by atoms with Crippen LogP contribution < -0.4 is 10.6 Å². The molecule has 0 saturated heterocycles. The van der Waals surface area contributed by atoms with Crippen LogP contribution in [0.5, 0.6) is 0 Å². The van der Waals surface area contributed by atoms with E-state index in [-0.39, 0.29) is 30.5 Å². The van der Waals surface area contributed by atoms with Crippen LogP contribution in [0.25, 0.3) is 10.9 Å². The fourth-order valence-electron chi connectivity index (χ4n) is 4.11. The maximum Gasteiger partial charge on any atom is 0.435 e. The predicted molar refractivity (Wildman–Crippen MR) is 126 cm³/mol. The summed E-state index contributed by atoms with van der Waals surface area (Å²) in [4.78, 5) is 35.4. The van der Waals surface area contributed by atoms with Gasteiger partial charge in [-0.1, -0.05) is 45.0 Å². The second kappa shape index (κ2) is 9.05. The van der Waals surface area contributed by atoms with E-state index in [1.807, 2.05) is 0 Å². The molecule has 0 radical (unpaired) electrons. The van der Waals surface area contributed by atoms with Gasteiger partial charge in [0.2, 0.25) is 0 Å². The lowest BCUT2D eigenvalue weighted by molar-refractivity contribution is -0.108. The molecule has 8 nitrogen and oxygen atoms in total. The molecule has 3 aromatic rings. The number of nitrogens with zero attached hydrogens (tertiary/aromatic N) is 2. The largest absolute Gasteiger partial charge is 0.447 e. The maximum absolute atomic E-state index is 12.8. The van der Waals surface area contributed by atoms with Crippen LogP contribution in [-0.4, -0.2) is 34.8 Å². The zero-order chi connectivity index (χ0) is 23.6. The molecule has 0 aliphatic heterocycles. The van der Waals surface area contributed by atoms with Gasteiger partial charge < -0.3 is 20.2 Å². The number of aromatic nitrogens is 2. The molecule has 1 aliphatic carbocycles. The zero-order valence-corrected chi connectivity index (χ0v) is 19.1. The molecule has 1 atom stereocenters. The summed E-state index contributed by atoms with van der Waals surface area (Å²) < 4.78 is 6.15. The van der Waals surface area contributed by atoms with Crippen LogP contribution in [0.3, 0.4) is 0 Å². The topological polar surface area (TPSA) is 102 Å². The molecular weight excluding hydrogens is 420 g/mol. The Morgan fingerprint density at radius 2 is 2.06 bits per heavy atom. The average Bonchev–Trinajstić information content (AvgIpc) is 3.38. The van der Waals surface area contributed by atoms with Crippen molar-refractivity contribution in [2.75, 3.05) is 11.9 Å². The van der Waals surface area contributed by atoms with E-state index >= 15 is 0 Å². The van der Waals surface area contributed by atoms with E-state index < -0.39 is 6.09 Å². The highest BCUT2D eigenvalue weighted by atomic mass is 16.6. The first-order chi connectivity index (χ1) is 15.8. The number of amides is 2. The van der Waals surface area contributed by atoms with E-state index in [4.69, 9.17) is 4.74 Å². The van der Waals surface area contributed by atoms with Gasteiger partial charge >= 0.3 is 12.1 Å². The Hall–Kier alpha value is -3.68. The summed E-state index contributed by atoms with van der Waals surface area (Å²) in [5.74, 6) is 0. The normalized spacial score (nSPS) is 15.2. The third-order valence-corrected chi connectivity index (χ3v) is 5.89. The van der Waals surface area contributed by atoms with Crippen molar-refractivity contribution in [3.8, 4) is 0 Å². The van der Waals surface area contributed by atoms with Crippen molar-refractivity contribution >= 4 is 35.0 Å². The van der Waals surface area contributed by atoms with E-state index in [0.29, 0.717) is 22.9 Å². The molecular formula is C25H28N4O4. The third kappa shape index (κ3) is 4.74. The van der Waals surface area contributed by atoms with E-state index in [9.17, 15) is 14.4 Å². The Labute approximate surface area is 192 Å². The van der Waals surface area contributed by atoms with Gasteiger partial charge in [-0.25, -0.2) is 9.59 Å². The molecule has 1 aromatic heterocycles. The molecule has 2 N–H and O–H groups in total. The average molecular weight is 449 g/mol. The van der Waals surface area contributed by atoms with Crippen molar-refractivity contribution in [3.63, 3.8) is 0 Å². The molecule has 172 valence electrons. The van der Waals surface area contributed by atoms with E-state index in [2.05, 4.69) is 54.7 Å². The molecule has 0 bridgehead atoms. The van der Waals surface area contributed by atoms with Crippen molar-refractivity contribution in [1.29, 1.82) is 0 Å². The minimum Gasteiger partial charge on any atom is -0.447 e. The lowest BCUT2D eigenvalue weighted by Crippen LogP contribution is -2.31. The fraction of sp³-hybridized carbons (Fsp3) is 0.360. The summed E-state index contributed by atoms with van der Waals surface area (Å²) in [7, 11) is 0. The Kier molecular flexibility index (Phi) is 6.18. The molecule has 0 saturated carbocycles. The number of benzene rings is 2. The Balaban J connectivity index is 1.46. The number of hydrogen-bond donors (Lipinski definition) is 2. The summed E-state index contributed by atoms with van der Waals surface area (Å²) in [6.45, 7) is 6.58. The van der Waals surface area contributed by atoms with E-state index in [0.717, 1.165) is 23.1 Å². The van der Waals surface area contributed by atoms with Crippen molar-refractivity contribution < 1.29 is 19.1 Å². The van der Waals surface area contributed by atoms with E-state index in [1.165, 1.54) is 17.3 Å². The number of carbonyl (C=O) groups excluding carboxylic acids is 3. The van der Waals surface area contributed by atoms with Gasteiger partial charge in [0.15, 0.2) is 0 Å². The third-order valence-electron chi connectivity index (χ3n) is 5.89. The molecule has 2 aromatic carbocycles. The zero-order valence-electron chi connectivity index (χ0n) is 19.1. The molecule has 33 heavy (non-hydrogen) atoms. The first-order valence-electron chi connectivity index (χ1n) is 11.1. The monoisotopic (exact) mass is 448 g/mol. The lowest BCUT2D eigenvalue weighted by Gasteiger charge is -2.21. The summed E-state index contributed by atoms with van der Waals surface area (Å²) in [5, 5.41) is 10.6. The fourth-order valence-corrected chi connectivity index (χ4v) is 4.11. The summed E-state index contributed by atoms with van der Waals surface area (Å²) >= 11 is 0. The highest BCUT2D eigenvalue weighted by molar-refractivity contribution is 6.02. The quantitative estimate of drug-likeness (QED) is 0.434. The highest BCUT2D eigenvalue weighted by Gasteiger charge is 2.26. The number of anilines is 1. The molecule has 0 unspecified atom stereocenters. The van der Waals surface area contributed by atoms with Crippen LogP contribution >= 0.6 is 0 Å². The number of rotatable bonds is 5. The number of ether oxygens (including phenoxy) is 1. The minimum atomic E-state index is -0.675. The Bertz CT molecular complexity index is 1210. The number of fused-ring (bicyclic) bond motifs is 2. The second-order valence-corrected chi connectivity index (χ2v) is 9.22. The van der Waals surface area contributed by atoms with E-state index in [1.54, 1.807) is 18.2 Å². The van der Waals surface area contributed by atoms with Gasteiger partial charge in [-0.3, -0.25) is 0 Å². The molecule has 0 spiro atoms. The Morgan fingerprint density at radius 3 is 2.82 bits per heavy atom. The number of urea groups is 1. The predicted octanol–water partition coefficient (Wildman–Crippen LogP) is 4.72. The van der Waals surface area contributed by atoms with Crippen LogP contribution in [0.15, 0.2) is 42.6 Å². The van der Waals surface area contributed by atoms with Crippen molar-refractivity contribution in [2.45, 2.75) is 51.5 Å². The maximum atomic E-state index is 12.8. The van der Waals surface area contributed by atoms with Gasteiger partial charge in [-0.05, 0) is 47.1 Å². The minimum absolute atomic E-state index is 0.00978. The molecule has 1 heterocycles. The number of hydrogen-bond acceptors (Lipinski definition) is 5. The van der Waals surface area contributed by atoms with Gasteiger partial charge in [0, 0.05) is 11.8 Å². The van der Waals surface area contributed by atoms with Crippen LogP contribution in [0.1, 0.15) is 56.3 Å². The van der Waals surface area contributed by atoms with Crippen molar-refractivity contribution in [3.05, 3.63) is 59.3 Å². The summed E-state index contributed by atoms with van der Waals surface area (Å²) in [6, 6.07) is 11.3. The number of carbonyl (C=O) groups is 3. The van der Waals surface area contributed by atoms with Crippen LogP contribution in [-0.2, 0) is 21.4 Å². The standard InChI is InChI=1S/C25H28N4O4/c1-25(2,3)17-9-10-18-16(14-17)8-11-21(18)28-23(31)27-20-6-4-7-22-19(20)15-26-29(22)24(32)33-13-5-12-30/h4,6-7,9-10,12,14-15,21H,5,8,11,13H2,1-3H3,(H2,27,28,31)/t21-/m1/s1. The number of aldehydes is 1. The van der Waals surface area contributed by atoms with Crippen molar-refractivity contribution in [1.82, 2.24) is 15.1 Å². The smallest absolute Gasteiger partial charge is 0.435 e. The number of aryl methyl sites for hydroxylation is 1. The summed E-state index contributed by atoms with van der Waals surface area (Å²) in [5.41, 5.74) is 4.86. The van der Waals surface area contributed by atoms with Crippen LogP contribution in [0, 0.1) is 0 Å². The number of nitrogens with one attached hydrogen (secondary N) is 2. The first-order valence-corrected chi connectivity index (χ1v) is 11.1. The second-order valence-electron chi connectivity index (χ2n) is 9.22. The van der Waals surface area contributed by atoms with Gasteiger partial charge in [0.1, 0.15) is 6.29 Å². The SMILES string of the molecule is CC(C)(C)c1ccc2c(c1)CC[C@H]2NC(=O)Nc1cccc2c1cnn2C(=O)OCCC=O. The lowest BCUT2D eigenvalue weighted by atomic mass is 9.85. The highest BCUT2D eigenvalue weighted by Crippen LogP contribution is 2.34. The van der Waals surface area contributed by atoms with Gasteiger partial charge in [-0.15, -0.1) is 0 Å². The molecule has 8 heteroatoms. The Morgan fingerprint density at radius 1 is 1.24 bits per heavy atom.